The molecule has 8 nitrogen and oxygen atoms in total. The number of rotatable bonds is 35. The molecule has 288 valence electrons. The minimum atomic E-state index is -4.77. The number of esters is 2. The monoisotopic (exact) mass is 722 g/mol. The van der Waals surface area contributed by atoms with E-state index in [0.29, 0.717) is 12.8 Å². The fourth-order valence-corrected chi connectivity index (χ4v) is 5.42. The number of carbonyl (C=O) groups is 2. The first-order chi connectivity index (χ1) is 24.3. The maximum atomic E-state index is 12.4. The molecule has 0 unspecified atom stereocenters. The van der Waals surface area contributed by atoms with E-state index in [1.165, 1.54) is 64.2 Å². The SMILES string of the molecule is CCCCC/C=C/C/C=C/CCCCCCCC(=O)O[C@H](COC(=O)CCC/C=C/C/C=C/C/C=C/CCCCCCCC)COP(=O)(O)O. The summed E-state index contributed by atoms with van der Waals surface area (Å²) in [7, 11) is -4.77. The first-order valence-electron chi connectivity index (χ1n) is 19.6. The van der Waals surface area contributed by atoms with Gasteiger partial charge in [0, 0.05) is 12.8 Å². The lowest BCUT2D eigenvalue weighted by molar-refractivity contribution is -0.161. The summed E-state index contributed by atoms with van der Waals surface area (Å²) in [5.41, 5.74) is 0. The van der Waals surface area contributed by atoms with Crippen molar-refractivity contribution in [3.63, 3.8) is 0 Å². The van der Waals surface area contributed by atoms with E-state index in [2.05, 4.69) is 73.1 Å². The van der Waals surface area contributed by atoms with Crippen molar-refractivity contribution in [1.82, 2.24) is 0 Å². The van der Waals surface area contributed by atoms with Crippen molar-refractivity contribution in [2.24, 2.45) is 0 Å². The predicted molar refractivity (Wildman–Crippen MR) is 207 cm³/mol. The minimum Gasteiger partial charge on any atom is -0.462 e. The van der Waals surface area contributed by atoms with Gasteiger partial charge in [-0.25, -0.2) is 4.57 Å². The summed E-state index contributed by atoms with van der Waals surface area (Å²) in [6.07, 6.45) is 45.2. The molecular weight excluding hydrogens is 651 g/mol. The van der Waals surface area contributed by atoms with Crippen molar-refractivity contribution < 1.29 is 37.9 Å². The zero-order valence-corrected chi connectivity index (χ0v) is 32.4. The van der Waals surface area contributed by atoms with Crippen molar-refractivity contribution in [1.29, 1.82) is 0 Å². The smallest absolute Gasteiger partial charge is 0.462 e. The van der Waals surface area contributed by atoms with Crippen molar-refractivity contribution in [3.8, 4) is 0 Å². The van der Waals surface area contributed by atoms with Crippen LogP contribution in [-0.4, -0.2) is 41.0 Å². The molecular formula is C41H71O8P. The van der Waals surface area contributed by atoms with Gasteiger partial charge in [0.2, 0.25) is 0 Å². The van der Waals surface area contributed by atoms with Crippen molar-refractivity contribution in [2.45, 2.75) is 174 Å². The third-order valence-corrected chi connectivity index (χ3v) is 8.49. The summed E-state index contributed by atoms with van der Waals surface area (Å²) in [4.78, 5) is 42.7. The van der Waals surface area contributed by atoms with Crippen LogP contribution in [0.25, 0.3) is 0 Å². The minimum absolute atomic E-state index is 0.183. The fourth-order valence-electron chi connectivity index (χ4n) is 5.06. The van der Waals surface area contributed by atoms with E-state index < -0.39 is 32.5 Å². The predicted octanol–water partition coefficient (Wildman–Crippen LogP) is 11.7. The zero-order chi connectivity index (χ0) is 36.8. The van der Waals surface area contributed by atoms with Crippen LogP contribution in [0.3, 0.4) is 0 Å². The van der Waals surface area contributed by atoms with Crippen LogP contribution in [0.2, 0.25) is 0 Å². The van der Waals surface area contributed by atoms with Gasteiger partial charge < -0.3 is 19.3 Å². The maximum Gasteiger partial charge on any atom is 0.469 e. The Kier molecular flexibility index (Phi) is 34.9. The average molecular weight is 723 g/mol. The fraction of sp³-hybridized carbons (Fsp3) is 0.707. The van der Waals surface area contributed by atoms with E-state index in [0.717, 1.165) is 64.2 Å². The number of allylic oxidation sites excluding steroid dienone is 10. The maximum absolute atomic E-state index is 12.4. The Morgan fingerprint density at radius 2 is 0.920 bits per heavy atom. The third kappa shape index (κ3) is 38.6. The largest absolute Gasteiger partial charge is 0.469 e. The Bertz CT molecular complexity index is 995. The number of unbranched alkanes of at least 4 members (excludes halogenated alkanes) is 15. The van der Waals surface area contributed by atoms with E-state index >= 15 is 0 Å². The van der Waals surface area contributed by atoms with Gasteiger partial charge in [-0.2, -0.15) is 0 Å². The van der Waals surface area contributed by atoms with Crippen molar-refractivity contribution >= 4 is 19.8 Å². The second-order valence-corrected chi connectivity index (χ2v) is 14.1. The Morgan fingerprint density at radius 1 is 0.520 bits per heavy atom. The van der Waals surface area contributed by atoms with Crippen LogP contribution in [0.1, 0.15) is 168 Å². The molecule has 0 saturated carbocycles. The highest BCUT2D eigenvalue weighted by Crippen LogP contribution is 2.36. The molecule has 0 aliphatic heterocycles. The molecule has 50 heavy (non-hydrogen) atoms. The van der Waals surface area contributed by atoms with E-state index in [9.17, 15) is 14.2 Å². The Morgan fingerprint density at radius 3 is 1.44 bits per heavy atom. The summed E-state index contributed by atoms with van der Waals surface area (Å²) in [6.45, 7) is 3.58. The van der Waals surface area contributed by atoms with Gasteiger partial charge in [0.1, 0.15) is 6.61 Å². The number of phosphoric ester groups is 1. The highest BCUT2D eigenvalue weighted by Gasteiger charge is 2.22. The van der Waals surface area contributed by atoms with Crippen LogP contribution in [0, 0.1) is 0 Å². The lowest BCUT2D eigenvalue weighted by Gasteiger charge is -2.18. The number of phosphoric acid groups is 1. The molecule has 0 radical (unpaired) electrons. The summed E-state index contributed by atoms with van der Waals surface area (Å²) >= 11 is 0. The normalized spacial score (nSPS) is 13.1. The highest BCUT2D eigenvalue weighted by molar-refractivity contribution is 7.46. The van der Waals surface area contributed by atoms with Crippen LogP contribution >= 0.6 is 7.82 Å². The Balaban J connectivity index is 4.08. The van der Waals surface area contributed by atoms with E-state index in [1.807, 2.05) is 6.08 Å². The van der Waals surface area contributed by atoms with Gasteiger partial charge in [0.05, 0.1) is 6.61 Å². The van der Waals surface area contributed by atoms with Crippen LogP contribution in [0.5, 0.6) is 0 Å². The standard InChI is InChI=1S/C41H71O8P/c1-3-5-7-9-11-13-15-17-19-20-22-23-25-27-29-31-33-35-40(42)47-37-39(38-48-50(44,45)46)49-41(43)36-34-32-30-28-26-24-21-18-16-14-12-10-8-6-4-2/h12,14,17-19,21-23,27,29,39H,3-11,13,15-16,20,24-26,28,30-38H2,1-2H3,(H2,44,45,46)/b14-12+,19-17+,21-18+,23-22+,29-27+/t39-/m1/s1. The van der Waals surface area contributed by atoms with Gasteiger partial charge in [0.15, 0.2) is 6.10 Å². The molecule has 0 saturated heterocycles. The molecule has 0 aromatic carbocycles. The molecule has 9 heteroatoms. The topological polar surface area (TPSA) is 119 Å². The van der Waals surface area contributed by atoms with Crippen molar-refractivity contribution in [3.05, 3.63) is 60.8 Å². The van der Waals surface area contributed by atoms with Gasteiger partial charge in [0.25, 0.3) is 0 Å². The Hall–Kier alpha value is -2.25. The van der Waals surface area contributed by atoms with Crippen LogP contribution in [0.4, 0.5) is 0 Å². The number of hydrogen-bond acceptors (Lipinski definition) is 6. The molecule has 0 aromatic rings. The third-order valence-electron chi connectivity index (χ3n) is 8.01. The van der Waals surface area contributed by atoms with Crippen LogP contribution in [-0.2, 0) is 28.2 Å². The van der Waals surface area contributed by atoms with Gasteiger partial charge in [-0.3, -0.25) is 14.1 Å². The second-order valence-electron chi connectivity index (χ2n) is 12.9. The highest BCUT2D eigenvalue weighted by atomic mass is 31.2. The quantitative estimate of drug-likeness (QED) is 0.0287. The summed E-state index contributed by atoms with van der Waals surface area (Å²) in [5.74, 6) is -0.966. The molecule has 0 aromatic heterocycles. The summed E-state index contributed by atoms with van der Waals surface area (Å²) in [6, 6.07) is 0. The summed E-state index contributed by atoms with van der Waals surface area (Å²) < 4.78 is 26.3. The Labute approximate surface area is 305 Å². The number of hydrogen-bond donors (Lipinski definition) is 2. The summed E-state index contributed by atoms with van der Waals surface area (Å²) in [5, 5.41) is 0. The van der Waals surface area contributed by atoms with E-state index in [4.69, 9.17) is 19.3 Å². The average Bonchev–Trinajstić information content (AvgIpc) is 3.08. The molecule has 1 atom stereocenters. The second kappa shape index (κ2) is 36.5. The molecule has 0 amide bonds. The number of ether oxygens (including phenoxy) is 2. The molecule has 0 bridgehead atoms. The molecule has 0 rings (SSSR count). The van der Waals surface area contributed by atoms with Crippen LogP contribution in [0.15, 0.2) is 60.8 Å². The first-order valence-corrected chi connectivity index (χ1v) is 21.1. The van der Waals surface area contributed by atoms with Gasteiger partial charge in [-0.05, 0) is 77.0 Å². The van der Waals surface area contributed by atoms with Gasteiger partial charge >= 0.3 is 19.8 Å². The van der Waals surface area contributed by atoms with Crippen molar-refractivity contribution in [2.75, 3.05) is 13.2 Å². The van der Waals surface area contributed by atoms with Gasteiger partial charge in [-0.15, -0.1) is 0 Å². The van der Waals surface area contributed by atoms with Crippen LogP contribution < -0.4 is 0 Å². The van der Waals surface area contributed by atoms with E-state index in [1.54, 1.807) is 0 Å². The molecule has 0 aliphatic rings. The molecule has 0 spiro atoms. The molecule has 0 heterocycles. The van der Waals surface area contributed by atoms with E-state index in [-0.39, 0.29) is 19.4 Å². The molecule has 0 fully saturated rings. The first kappa shape index (κ1) is 47.8. The lowest BCUT2D eigenvalue weighted by atomic mass is 10.1. The molecule has 0 aliphatic carbocycles. The molecule has 2 N–H and O–H groups in total. The lowest BCUT2D eigenvalue weighted by Crippen LogP contribution is -2.29. The van der Waals surface area contributed by atoms with Gasteiger partial charge in [-0.1, -0.05) is 139 Å². The number of carbonyl (C=O) groups excluding carboxylic acids is 2. The zero-order valence-electron chi connectivity index (χ0n) is 31.5.